The highest BCUT2D eigenvalue weighted by Crippen LogP contribution is 2.21. The third-order valence-electron chi connectivity index (χ3n) is 2.82. The number of rotatable bonds is 4. The molecule has 0 aliphatic carbocycles. The molecule has 1 aromatic heterocycles. The highest BCUT2D eigenvalue weighted by atomic mass is 35.5. The van der Waals surface area contributed by atoms with E-state index < -0.39 is 5.82 Å². The van der Waals surface area contributed by atoms with Crippen molar-refractivity contribution < 1.29 is 4.39 Å². The van der Waals surface area contributed by atoms with Crippen LogP contribution in [-0.2, 0) is 0 Å². The second kappa shape index (κ2) is 5.44. The fraction of sp³-hybridized carbons (Fsp3) is 0.333. The van der Waals surface area contributed by atoms with Crippen molar-refractivity contribution in [3.63, 3.8) is 0 Å². The maximum absolute atomic E-state index is 13.4. The normalized spacial score (nSPS) is 10.7. The molecule has 0 saturated carbocycles. The summed E-state index contributed by atoms with van der Waals surface area (Å²) in [6, 6.07) is 4.38. The molecule has 2 rings (SSSR count). The Morgan fingerprint density at radius 2 is 2.05 bits per heavy atom. The average Bonchev–Trinajstić information content (AvgIpc) is 2.76. The first kappa shape index (κ1) is 13.6. The number of anilines is 2. The van der Waals surface area contributed by atoms with Gasteiger partial charge >= 0.3 is 0 Å². The minimum absolute atomic E-state index is 0.0615. The molecule has 0 atom stereocenters. The molecule has 0 radical (unpaired) electrons. The van der Waals surface area contributed by atoms with E-state index in [1.54, 1.807) is 6.07 Å². The first-order valence-electron chi connectivity index (χ1n) is 5.99. The van der Waals surface area contributed by atoms with E-state index in [4.69, 9.17) is 17.3 Å². The van der Waals surface area contributed by atoms with Gasteiger partial charge < -0.3 is 10.6 Å². The summed E-state index contributed by atoms with van der Waals surface area (Å²) in [5.41, 5.74) is 6.31. The number of halogens is 2. The number of nitrogen functional groups attached to an aromatic ring is 1. The molecule has 5 nitrogen and oxygen atoms in total. The first-order valence-corrected chi connectivity index (χ1v) is 6.37. The number of nitrogens with two attached hydrogens (primary N) is 1. The van der Waals surface area contributed by atoms with Crippen LogP contribution in [0.4, 0.5) is 16.3 Å². The molecular formula is C12H15ClFN5. The zero-order chi connectivity index (χ0) is 14.0. The molecule has 7 heteroatoms. The van der Waals surface area contributed by atoms with E-state index in [1.807, 2.05) is 18.7 Å². The summed E-state index contributed by atoms with van der Waals surface area (Å²) in [6.45, 7) is 5.55. The van der Waals surface area contributed by atoms with Crippen LogP contribution in [0.15, 0.2) is 18.2 Å². The van der Waals surface area contributed by atoms with Crippen LogP contribution in [0.25, 0.3) is 5.69 Å². The molecule has 0 aliphatic heterocycles. The van der Waals surface area contributed by atoms with Crippen LogP contribution in [0.3, 0.4) is 0 Å². The average molecular weight is 284 g/mol. The van der Waals surface area contributed by atoms with Gasteiger partial charge in [-0.15, -0.1) is 5.10 Å². The summed E-state index contributed by atoms with van der Waals surface area (Å²) in [4.78, 5) is 6.14. The van der Waals surface area contributed by atoms with Gasteiger partial charge in [0.2, 0.25) is 11.9 Å². The minimum atomic E-state index is -0.515. The maximum Gasteiger partial charge on any atom is 0.246 e. The largest absolute Gasteiger partial charge is 0.368 e. The number of benzene rings is 1. The quantitative estimate of drug-likeness (QED) is 0.936. The van der Waals surface area contributed by atoms with Crippen LogP contribution in [-0.4, -0.2) is 27.9 Å². The summed E-state index contributed by atoms with van der Waals surface area (Å²) < 4.78 is 14.8. The van der Waals surface area contributed by atoms with Crippen LogP contribution in [0.2, 0.25) is 5.02 Å². The summed E-state index contributed by atoms with van der Waals surface area (Å²) in [6.07, 6.45) is 0. The SMILES string of the molecule is CCN(CC)c1nc(N)n(-c2ccc(Cl)c(F)c2)n1. The van der Waals surface area contributed by atoms with Crippen LogP contribution in [0, 0.1) is 5.82 Å². The van der Waals surface area contributed by atoms with Crippen molar-refractivity contribution in [2.24, 2.45) is 0 Å². The molecule has 2 aromatic rings. The Morgan fingerprint density at radius 3 is 2.63 bits per heavy atom. The Labute approximate surface area is 115 Å². The van der Waals surface area contributed by atoms with E-state index in [0.717, 1.165) is 13.1 Å². The van der Waals surface area contributed by atoms with Gasteiger partial charge in [-0.05, 0) is 26.0 Å². The van der Waals surface area contributed by atoms with Gasteiger partial charge in [0.25, 0.3) is 0 Å². The maximum atomic E-state index is 13.4. The summed E-state index contributed by atoms with van der Waals surface area (Å²) in [5, 5.41) is 4.35. The third-order valence-corrected chi connectivity index (χ3v) is 3.12. The van der Waals surface area contributed by atoms with E-state index in [0.29, 0.717) is 11.6 Å². The monoisotopic (exact) mass is 283 g/mol. The van der Waals surface area contributed by atoms with Gasteiger partial charge in [-0.25, -0.2) is 4.39 Å². The Balaban J connectivity index is 2.42. The van der Waals surface area contributed by atoms with Gasteiger partial charge in [-0.3, -0.25) is 0 Å². The smallest absolute Gasteiger partial charge is 0.246 e. The van der Waals surface area contributed by atoms with E-state index in [-0.39, 0.29) is 11.0 Å². The molecule has 0 unspecified atom stereocenters. The van der Waals surface area contributed by atoms with E-state index in [2.05, 4.69) is 10.1 Å². The Hall–Kier alpha value is -1.82. The van der Waals surface area contributed by atoms with E-state index >= 15 is 0 Å². The summed E-state index contributed by atoms with van der Waals surface area (Å²) in [5.74, 6) is 0.222. The second-order valence-corrected chi connectivity index (χ2v) is 4.36. The van der Waals surface area contributed by atoms with E-state index in [1.165, 1.54) is 16.8 Å². The van der Waals surface area contributed by atoms with Crippen molar-refractivity contribution in [2.75, 3.05) is 23.7 Å². The molecule has 0 aliphatic rings. The predicted molar refractivity (Wildman–Crippen MR) is 74.3 cm³/mol. The molecular weight excluding hydrogens is 269 g/mol. The van der Waals surface area contributed by atoms with Crippen LogP contribution in [0.1, 0.15) is 13.8 Å². The highest BCUT2D eigenvalue weighted by molar-refractivity contribution is 6.30. The Morgan fingerprint density at radius 1 is 1.37 bits per heavy atom. The number of aromatic nitrogens is 3. The van der Waals surface area contributed by atoms with Crippen LogP contribution in [0.5, 0.6) is 0 Å². The zero-order valence-electron chi connectivity index (χ0n) is 10.8. The Bertz CT molecular complexity index is 579. The van der Waals surface area contributed by atoms with Gasteiger partial charge in [0.1, 0.15) is 5.82 Å². The predicted octanol–water partition coefficient (Wildman–Crippen LogP) is 2.49. The summed E-state index contributed by atoms with van der Waals surface area (Å²) >= 11 is 5.65. The molecule has 102 valence electrons. The van der Waals surface area contributed by atoms with Crippen molar-refractivity contribution in [1.82, 2.24) is 14.8 Å². The van der Waals surface area contributed by atoms with E-state index in [9.17, 15) is 4.39 Å². The van der Waals surface area contributed by atoms with Crippen LogP contribution < -0.4 is 10.6 Å². The fourth-order valence-corrected chi connectivity index (χ4v) is 1.88. The van der Waals surface area contributed by atoms with Gasteiger partial charge in [0.05, 0.1) is 10.7 Å². The zero-order valence-corrected chi connectivity index (χ0v) is 11.5. The van der Waals surface area contributed by atoms with Crippen molar-refractivity contribution in [3.8, 4) is 5.69 Å². The molecule has 0 amide bonds. The minimum Gasteiger partial charge on any atom is -0.368 e. The number of nitrogens with zero attached hydrogens (tertiary/aromatic N) is 4. The Kier molecular flexibility index (Phi) is 3.90. The molecule has 0 fully saturated rings. The summed E-state index contributed by atoms with van der Waals surface area (Å²) in [7, 11) is 0. The lowest BCUT2D eigenvalue weighted by atomic mass is 10.3. The van der Waals surface area contributed by atoms with Crippen molar-refractivity contribution >= 4 is 23.5 Å². The number of hydrogen-bond donors (Lipinski definition) is 1. The third kappa shape index (κ3) is 2.63. The first-order chi connectivity index (χ1) is 9.06. The molecule has 1 aromatic carbocycles. The van der Waals surface area contributed by atoms with Gasteiger partial charge in [-0.2, -0.15) is 9.67 Å². The fourth-order valence-electron chi connectivity index (χ4n) is 1.76. The van der Waals surface area contributed by atoms with Crippen molar-refractivity contribution in [2.45, 2.75) is 13.8 Å². The molecule has 2 N–H and O–H groups in total. The second-order valence-electron chi connectivity index (χ2n) is 3.95. The topological polar surface area (TPSA) is 60.0 Å². The van der Waals surface area contributed by atoms with Crippen LogP contribution >= 0.6 is 11.6 Å². The van der Waals surface area contributed by atoms with Crippen molar-refractivity contribution in [3.05, 3.63) is 29.0 Å². The lowest BCUT2D eigenvalue weighted by Gasteiger charge is -2.15. The number of hydrogen-bond acceptors (Lipinski definition) is 4. The molecule has 0 spiro atoms. The molecule has 19 heavy (non-hydrogen) atoms. The van der Waals surface area contributed by atoms with Gasteiger partial charge in [0.15, 0.2) is 0 Å². The van der Waals surface area contributed by atoms with Gasteiger partial charge in [-0.1, -0.05) is 11.6 Å². The molecule has 1 heterocycles. The van der Waals surface area contributed by atoms with Crippen molar-refractivity contribution in [1.29, 1.82) is 0 Å². The lowest BCUT2D eigenvalue weighted by molar-refractivity contribution is 0.626. The molecule has 0 bridgehead atoms. The highest BCUT2D eigenvalue weighted by Gasteiger charge is 2.13. The lowest BCUT2D eigenvalue weighted by Crippen LogP contribution is -2.23. The standard InChI is InChI=1S/C12H15ClFN5/c1-3-18(4-2)12-16-11(15)19(17-12)8-5-6-9(13)10(14)7-8/h5-7H,3-4H2,1-2H3,(H2,15,16,17). The molecule has 0 saturated heterocycles. The van der Waals surface area contributed by atoms with Gasteiger partial charge in [0, 0.05) is 19.2 Å².